The van der Waals surface area contributed by atoms with E-state index in [1.807, 2.05) is 81.6 Å². The van der Waals surface area contributed by atoms with Crippen LogP contribution >= 0.6 is 11.8 Å². The van der Waals surface area contributed by atoms with Crippen LogP contribution in [0.3, 0.4) is 0 Å². The third-order valence-corrected chi connectivity index (χ3v) is 10.5. The summed E-state index contributed by atoms with van der Waals surface area (Å²) in [5, 5.41) is 3.02. The number of thioether (sulfide) groups is 1. The predicted molar refractivity (Wildman–Crippen MR) is 194 cm³/mol. The van der Waals surface area contributed by atoms with Crippen LogP contribution < -0.4 is 14.4 Å². The van der Waals surface area contributed by atoms with E-state index in [2.05, 4.69) is 5.32 Å². The van der Waals surface area contributed by atoms with Gasteiger partial charge in [0.25, 0.3) is 10.0 Å². The second-order valence-electron chi connectivity index (χ2n) is 11.5. The average Bonchev–Trinajstić information content (AvgIpc) is 3.10. The summed E-state index contributed by atoms with van der Waals surface area (Å²) in [6.45, 7) is 6.44. The Morgan fingerprint density at radius 1 is 0.854 bits per heavy atom. The summed E-state index contributed by atoms with van der Waals surface area (Å²) < 4.78 is 35.3. The Balaban J connectivity index is 1.79. The molecule has 0 aliphatic carbocycles. The van der Waals surface area contributed by atoms with E-state index in [-0.39, 0.29) is 23.8 Å². The molecule has 0 aliphatic heterocycles. The second-order valence-corrected chi connectivity index (χ2v) is 14.2. The molecule has 4 aromatic rings. The molecule has 8 nitrogen and oxygen atoms in total. The van der Waals surface area contributed by atoms with E-state index in [9.17, 15) is 18.0 Å². The van der Waals surface area contributed by atoms with E-state index in [1.54, 1.807) is 48.5 Å². The molecule has 2 amide bonds. The zero-order valence-electron chi connectivity index (χ0n) is 28.1. The van der Waals surface area contributed by atoms with E-state index in [0.717, 1.165) is 38.7 Å². The van der Waals surface area contributed by atoms with Crippen molar-refractivity contribution in [3.05, 3.63) is 120 Å². The van der Waals surface area contributed by atoms with Crippen LogP contribution in [0.15, 0.2) is 113 Å². The lowest BCUT2D eigenvalue weighted by Crippen LogP contribution is -2.53. The number of amides is 2. The molecule has 0 saturated heterocycles. The topological polar surface area (TPSA) is 96.0 Å². The Kier molecular flexibility index (Phi) is 13.5. The second kappa shape index (κ2) is 17.8. The number of nitrogens with one attached hydrogen (secondary N) is 1. The minimum absolute atomic E-state index is 0.0604. The molecular weight excluding hydrogens is 643 g/mol. The molecule has 254 valence electrons. The Morgan fingerprint density at radius 3 is 2.12 bits per heavy atom. The van der Waals surface area contributed by atoms with Gasteiger partial charge in [-0.15, -0.1) is 11.8 Å². The lowest BCUT2D eigenvalue weighted by molar-refractivity contribution is -0.140. The van der Waals surface area contributed by atoms with Crippen LogP contribution in [0.5, 0.6) is 5.75 Å². The maximum atomic E-state index is 14.6. The van der Waals surface area contributed by atoms with Crippen molar-refractivity contribution in [2.45, 2.75) is 62.4 Å². The first-order valence-corrected chi connectivity index (χ1v) is 18.9. The number of nitrogens with zero attached hydrogens (tertiary/aromatic N) is 2. The van der Waals surface area contributed by atoms with Crippen LogP contribution in [0.2, 0.25) is 0 Å². The zero-order valence-corrected chi connectivity index (χ0v) is 29.7. The normalized spacial score (nSPS) is 11.8. The molecule has 0 spiro atoms. The predicted octanol–water partition coefficient (Wildman–Crippen LogP) is 6.87. The van der Waals surface area contributed by atoms with Gasteiger partial charge >= 0.3 is 0 Å². The first-order valence-electron chi connectivity index (χ1n) is 16.2. The summed E-state index contributed by atoms with van der Waals surface area (Å²) in [6, 6.07) is 29.7. The maximum absolute atomic E-state index is 14.6. The highest BCUT2D eigenvalue weighted by atomic mass is 32.2. The number of hydrogen-bond acceptors (Lipinski definition) is 6. The van der Waals surface area contributed by atoms with Crippen molar-refractivity contribution in [1.82, 2.24) is 10.2 Å². The van der Waals surface area contributed by atoms with E-state index in [1.165, 1.54) is 16.7 Å². The Labute approximate surface area is 289 Å². The molecule has 0 heterocycles. The molecule has 0 bridgehead atoms. The van der Waals surface area contributed by atoms with E-state index in [0.29, 0.717) is 24.6 Å². The van der Waals surface area contributed by atoms with Crippen molar-refractivity contribution in [2.75, 3.05) is 30.3 Å². The summed E-state index contributed by atoms with van der Waals surface area (Å²) in [7, 11) is -4.20. The largest absolute Gasteiger partial charge is 0.494 e. The van der Waals surface area contributed by atoms with E-state index in [4.69, 9.17) is 4.74 Å². The molecule has 0 radical (unpaired) electrons. The van der Waals surface area contributed by atoms with Gasteiger partial charge in [0.05, 0.1) is 17.2 Å². The summed E-state index contributed by atoms with van der Waals surface area (Å²) in [5.74, 6) is -0.196. The summed E-state index contributed by atoms with van der Waals surface area (Å²) in [5.41, 5.74) is 3.09. The van der Waals surface area contributed by atoms with Gasteiger partial charge in [-0.2, -0.15) is 0 Å². The average molecular weight is 688 g/mol. The zero-order chi connectivity index (χ0) is 34.5. The minimum atomic E-state index is -4.20. The standard InChI is InChI=1S/C38H45N3O5S2/c1-5-7-25-39-38(43)36(26-30-11-9-8-10-12-30)40(27-31-15-13-29(3)14-16-31)37(42)28-41(32-17-19-33(20-18-32)46-6-2)48(44,45)35-23-21-34(47-4)22-24-35/h8-24,36H,5-7,25-28H2,1-4H3,(H,39,43)/t36-/m1/s1. The van der Waals surface area contributed by atoms with Crippen LogP contribution in [-0.4, -0.2) is 57.1 Å². The monoisotopic (exact) mass is 687 g/mol. The van der Waals surface area contributed by atoms with Crippen molar-refractivity contribution in [3.8, 4) is 5.75 Å². The highest BCUT2D eigenvalue weighted by Crippen LogP contribution is 2.28. The van der Waals surface area contributed by atoms with Gasteiger partial charge in [0.2, 0.25) is 11.8 Å². The van der Waals surface area contributed by atoms with Gasteiger partial charge in [-0.3, -0.25) is 13.9 Å². The fourth-order valence-corrected chi connectivity index (χ4v) is 7.05. The summed E-state index contributed by atoms with van der Waals surface area (Å²) >= 11 is 1.51. The van der Waals surface area contributed by atoms with Gasteiger partial charge in [0.15, 0.2) is 0 Å². The quantitative estimate of drug-likeness (QED) is 0.0962. The first-order chi connectivity index (χ1) is 23.2. The molecule has 0 unspecified atom stereocenters. The number of rotatable bonds is 17. The van der Waals surface area contributed by atoms with Crippen molar-refractivity contribution in [2.24, 2.45) is 0 Å². The fourth-order valence-electron chi connectivity index (χ4n) is 5.23. The van der Waals surface area contributed by atoms with Crippen LogP contribution in [0.4, 0.5) is 5.69 Å². The smallest absolute Gasteiger partial charge is 0.264 e. The van der Waals surface area contributed by atoms with Crippen LogP contribution in [0, 0.1) is 6.92 Å². The molecule has 48 heavy (non-hydrogen) atoms. The number of carbonyl (C=O) groups is 2. The Morgan fingerprint density at radius 2 is 1.52 bits per heavy atom. The molecule has 4 aromatic carbocycles. The molecule has 0 fully saturated rings. The van der Waals surface area contributed by atoms with Crippen molar-refractivity contribution in [1.29, 1.82) is 0 Å². The molecule has 0 aromatic heterocycles. The molecule has 0 aliphatic rings. The molecule has 4 rings (SSSR count). The summed E-state index contributed by atoms with van der Waals surface area (Å²) in [6.07, 6.45) is 3.89. The first kappa shape index (κ1) is 36.6. The summed E-state index contributed by atoms with van der Waals surface area (Å²) in [4.78, 5) is 31.0. The number of ether oxygens (including phenoxy) is 1. The lowest BCUT2D eigenvalue weighted by Gasteiger charge is -2.34. The Bertz CT molecular complexity index is 1710. The number of unbranched alkanes of at least 4 members (excludes halogenated alkanes) is 1. The SMILES string of the molecule is CCCCNC(=O)[C@@H](Cc1ccccc1)N(Cc1ccc(C)cc1)C(=O)CN(c1ccc(OCC)cc1)S(=O)(=O)c1ccc(SC)cc1. The van der Waals surface area contributed by atoms with Crippen LogP contribution in [0.1, 0.15) is 43.4 Å². The van der Waals surface area contributed by atoms with Gasteiger partial charge in [-0.25, -0.2) is 8.42 Å². The molecule has 10 heteroatoms. The minimum Gasteiger partial charge on any atom is -0.494 e. The number of carbonyl (C=O) groups excluding carboxylic acids is 2. The number of aryl methyl sites for hydroxylation is 1. The fraction of sp³-hybridized carbons (Fsp3) is 0.316. The van der Waals surface area contributed by atoms with Crippen LogP contribution in [-0.2, 0) is 32.6 Å². The highest BCUT2D eigenvalue weighted by Gasteiger charge is 2.34. The van der Waals surface area contributed by atoms with E-state index < -0.39 is 28.5 Å². The molecule has 0 saturated carbocycles. The van der Waals surface area contributed by atoms with Gasteiger partial charge in [0.1, 0.15) is 18.3 Å². The van der Waals surface area contributed by atoms with Crippen molar-refractivity contribution < 1.29 is 22.7 Å². The third kappa shape index (κ3) is 9.87. The molecule has 1 atom stereocenters. The van der Waals surface area contributed by atoms with Crippen molar-refractivity contribution >= 4 is 39.3 Å². The Hall–Kier alpha value is -4.28. The number of benzene rings is 4. The maximum Gasteiger partial charge on any atom is 0.264 e. The van der Waals surface area contributed by atoms with Gasteiger partial charge in [-0.1, -0.05) is 73.5 Å². The van der Waals surface area contributed by atoms with Crippen molar-refractivity contribution in [3.63, 3.8) is 0 Å². The van der Waals surface area contributed by atoms with E-state index >= 15 is 0 Å². The molecule has 1 N–H and O–H groups in total. The number of anilines is 1. The van der Waals surface area contributed by atoms with Gasteiger partial charge in [0, 0.05) is 24.4 Å². The van der Waals surface area contributed by atoms with Gasteiger partial charge < -0.3 is 15.0 Å². The number of hydrogen-bond donors (Lipinski definition) is 1. The highest BCUT2D eigenvalue weighted by molar-refractivity contribution is 7.98. The van der Waals surface area contributed by atoms with Crippen LogP contribution in [0.25, 0.3) is 0 Å². The molecular formula is C38H45N3O5S2. The lowest BCUT2D eigenvalue weighted by atomic mass is 10.0. The van der Waals surface area contributed by atoms with Gasteiger partial charge in [-0.05, 0) is 86.2 Å². The third-order valence-electron chi connectivity index (χ3n) is 7.94. The number of sulfonamides is 1.